The number of carbonyl (C=O) groups excluding carboxylic acids is 2. The van der Waals surface area contributed by atoms with Gasteiger partial charge in [0.15, 0.2) is 11.5 Å². The number of halogens is 2. The second-order valence-corrected chi connectivity index (χ2v) is 12.3. The first kappa shape index (κ1) is 32.0. The zero-order valence-electron chi connectivity index (χ0n) is 26.9. The molecule has 0 saturated carbocycles. The highest BCUT2D eigenvalue weighted by atomic mass is 19.3. The van der Waals surface area contributed by atoms with Crippen molar-refractivity contribution in [2.45, 2.75) is 52.4 Å². The van der Waals surface area contributed by atoms with Crippen LogP contribution in [0.3, 0.4) is 0 Å². The minimum atomic E-state index is -2.81. The lowest BCUT2D eigenvalue weighted by atomic mass is 9.95. The van der Waals surface area contributed by atoms with E-state index in [-0.39, 0.29) is 29.7 Å². The van der Waals surface area contributed by atoms with Crippen LogP contribution in [0.15, 0.2) is 48.9 Å². The Hall–Kier alpha value is -4.92. The summed E-state index contributed by atoms with van der Waals surface area (Å²) in [7, 11) is 2.05. The summed E-state index contributed by atoms with van der Waals surface area (Å²) >= 11 is 0. The van der Waals surface area contributed by atoms with Crippen LogP contribution in [0.1, 0.15) is 66.6 Å². The molecule has 0 bridgehead atoms. The van der Waals surface area contributed by atoms with Gasteiger partial charge in [-0.25, -0.2) is 14.8 Å². The van der Waals surface area contributed by atoms with E-state index >= 15 is 0 Å². The zero-order valence-corrected chi connectivity index (χ0v) is 26.9. The molecule has 1 aromatic carbocycles. The predicted molar refractivity (Wildman–Crippen MR) is 172 cm³/mol. The van der Waals surface area contributed by atoms with Crippen LogP contribution in [-0.4, -0.2) is 91.0 Å². The zero-order chi connectivity index (χ0) is 33.2. The monoisotopic (exact) mass is 647 g/mol. The number of nitrogens with one attached hydrogen (secondary N) is 2. The lowest BCUT2D eigenvalue weighted by Gasteiger charge is -2.33. The SMILES string of the molecule is CC(C)n1nc(C(=O)NCc2ccc(NC(=O)N3CCN(C)CC3)cc2)c2c1[C@@H](C)CN(c1ccc(-c3ncnn3C(F)F)cn1)C2. The molecule has 0 radical (unpaired) electrons. The maximum absolute atomic E-state index is 13.6. The number of amides is 3. The molecular formula is C32H39F2N11O2. The number of carbonyl (C=O) groups is 2. The van der Waals surface area contributed by atoms with Gasteiger partial charge in [0.05, 0.1) is 0 Å². The van der Waals surface area contributed by atoms with Crippen LogP contribution in [-0.2, 0) is 13.1 Å². The Morgan fingerprint density at radius 1 is 1.00 bits per heavy atom. The van der Waals surface area contributed by atoms with Gasteiger partial charge in [-0.2, -0.15) is 23.7 Å². The maximum atomic E-state index is 13.6. The number of pyridine rings is 1. The van der Waals surface area contributed by atoms with E-state index in [1.54, 1.807) is 12.1 Å². The van der Waals surface area contributed by atoms with Crippen molar-refractivity contribution >= 4 is 23.4 Å². The summed E-state index contributed by atoms with van der Waals surface area (Å²) in [6.07, 6.45) is 2.60. The Morgan fingerprint density at radius 3 is 2.40 bits per heavy atom. The van der Waals surface area contributed by atoms with Crippen LogP contribution in [0.25, 0.3) is 11.4 Å². The van der Waals surface area contributed by atoms with Crippen LogP contribution in [0, 0.1) is 0 Å². The summed E-state index contributed by atoms with van der Waals surface area (Å²) < 4.78 is 29.1. The van der Waals surface area contributed by atoms with E-state index < -0.39 is 6.55 Å². The number of alkyl halides is 2. The molecule has 2 aliphatic heterocycles. The highest BCUT2D eigenvalue weighted by molar-refractivity contribution is 5.94. The summed E-state index contributed by atoms with van der Waals surface area (Å²) in [4.78, 5) is 40.8. The molecule has 4 aromatic rings. The molecule has 1 fully saturated rings. The summed E-state index contributed by atoms with van der Waals surface area (Å²) in [5.74, 6) is 0.456. The molecule has 2 aliphatic rings. The molecule has 0 aliphatic carbocycles. The van der Waals surface area contributed by atoms with Crippen LogP contribution in [0.5, 0.6) is 0 Å². The lowest BCUT2D eigenvalue weighted by Crippen LogP contribution is -2.48. The number of piperazine rings is 1. The predicted octanol–water partition coefficient (Wildman–Crippen LogP) is 4.35. The van der Waals surface area contributed by atoms with Crippen molar-refractivity contribution in [3.05, 3.63) is 71.4 Å². The molecule has 1 saturated heterocycles. The highest BCUT2D eigenvalue weighted by Gasteiger charge is 2.33. The first-order valence-electron chi connectivity index (χ1n) is 15.7. The van der Waals surface area contributed by atoms with Gasteiger partial charge in [0.25, 0.3) is 5.91 Å². The van der Waals surface area contributed by atoms with E-state index in [9.17, 15) is 18.4 Å². The molecule has 3 amide bonds. The number of hydrogen-bond acceptors (Lipinski definition) is 8. The van der Waals surface area contributed by atoms with Gasteiger partial charge in [0.1, 0.15) is 12.1 Å². The summed E-state index contributed by atoms with van der Waals surface area (Å²) in [6, 6.07) is 10.8. The number of urea groups is 1. The van der Waals surface area contributed by atoms with Gasteiger partial charge in [0.2, 0.25) is 0 Å². The molecule has 15 heteroatoms. The molecule has 13 nitrogen and oxygen atoms in total. The third-order valence-electron chi connectivity index (χ3n) is 8.60. The second-order valence-electron chi connectivity index (χ2n) is 12.3. The van der Waals surface area contributed by atoms with Gasteiger partial charge in [-0.3, -0.25) is 9.48 Å². The third-order valence-corrected chi connectivity index (χ3v) is 8.60. The molecule has 3 aromatic heterocycles. The summed E-state index contributed by atoms with van der Waals surface area (Å²) in [6.45, 7) is 7.79. The van der Waals surface area contributed by atoms with E-state index in [0.29, 0.717) is 60.2 Å². The Kier molecular flexibility index (Phi) is 9.16. The molecule has 0 spiro atoms. The van der Waals surface area contributed by atoms with E-state index in [1.807, 2.05) is 54.7 Å². The largest absolute Gasteiger partial charge is 0.351 e. The number of benzene rings is 1. The van der Waals surface area contributed by atoms with Crippen molar-refractivity contribution in [2.75, 3.05) is 50.0 Å². The number of likely N-dealkylation sites (N-methyl/N-ethyl adjacent to an activating group) is 1. The van der Waals surface area contributed by atoms with Crippen LogP contribution < -0.4 is 15.5 Å². The molecule has 47 heavy (non-hydrogen) atoms. The number of fused-ring (bicyclic) bond motifs is 1. The number of aromatic nitrogens is 6. The molecule has 0 unspecified atom stereocenters. The summed E-state index contributed by atoms with van der Waals surface area (Å²) in [5.41, 5.74) is 4.22. The standard InChI is InChI=1S/C32H39F2N11O2/c1-20(2)44-28-21(3)17-43(26-10-7-23(16-35-26)29-37-19-38-45(29)31(33)34)18-25(28)27(40-44)30(46)36-15-22-5-8-24(9-6-22)39-32(47)42-13-11-41(4)12-14-42/h5-10,16,19-21,31H,11-15,17-18H2,1-4H3,(H,36,46)(H,39,47)/t21-/m0/s1. The average molecular weight is 648 g/mol. The van der Waals surface area contributed by atoms with Gasteiger partial charge < -0.3 is 25.3 Å². The van der Waals surface area contributed by atoms with Crippen molar-refractivity contribution in [1.29, 1.82) is 0 Å². The van der Waals surface area contributed by atoms with Gasteiger partial charge >= 0.3 is 12.6 Å². The number of nitrogens with zero attached hydrogens (tertiary/aromatic N) is 9. The quantitative estimate of drug-likeness (QED) is 0.289. The average Bonchev–Trinajstić information content (AvgIpc) is 3.71. The van der Waals surface area contributed by atoms with Crippen LogP contribution in [0.4, 0.5) is 25.1 Å². The van der Waals surface area contributed by atoms with Crippen LogP contribution >= 0.6 is 0 Å². The van der Waals surface area contributed by atoms with Gasteiger partial charge in [-0.1, -0.05) is 19.1 Å². The third kappa shape index (κ3) is 6.80. The molecule has 248 valence electrons. The van der Waals surface area contributed by atoms with Gasteiger partial charge in [0, 0.05) is 86.5 Å². The van der Waals surface area contributed by atoms with E-state index in [2.05, 4.69) is 42.4 Å². The van der Waals surface area contributed by atoms with Gasteiger partial charge in [-0.05, 0) is 50.7 Å². The topological polar surface area (TPSA) is 129 Å². The molecule has 1 atom stereocenters. The van der Waals surface area contributed by atoms with E-state index in [0.717, 1.165) is 36.2 Å². The minimum Gasteiger partial charge on any atom is -0.351 e. The van der Waals surface area contributed by atoms with Crippen molar-refractivity contribution in [1.82, 2.24) is 44.6 Å². The van der Waals surface area contributed by atoms with Gasteiger partial charge in [-0.15, -0.1) is 0 Å². The molecule has 5 heterocycles. The number of hydrogen-bond donors (Lipinski definition) is 2. The minimum absolute atomic E-state index is 0.0376. The van der Waals surface area contributed by atoms with Crippen molar-refractivity contribution in [3.63, 3.8) is 0 Å². The van der Waals surface area contributed by atoms with Crippen molar-refractivity contribution in [3.8, 4) is 11.4 Å². The van der Waals surface area contributed by atoms with Crippen molar-refractivity contribution in [2.24, 2.45) is 0 Å². The van der Waals surface area contributed by atoms with Crippen molar-refractivity contribution < 1.29 is 18.4 Å². The Morgan fingerprint density at radius 2 is 1.74 bits per heavy atom. The van der Waals surface area contributed by atoms with Crippen LogP contribution in [0.2, 0.25) is 0 Å². The fourth-order valence-corrected chi connectivity index (χ4v) is 6.07. The second kappa shape index (κ2) is 13.4. The maximum Gasteiger partial charge on any atom is 0.335 e. The lowest BCUT2D eigenvalue weighted by molar-refractivity contribution is 0.0582. The Balaban J connectivity index is 1.14. The van der Waals surface area contributed by atoms with E-state index in [1.165, 1.54) is 6.20 Å². The Labute approximate surface area is 271 Å². The number of rotatable bonds is 8. The Bertz CT molecular complexity index is 1710. The normalized spacial score (nSPS) is 16.9. The fourth-order valence-electron chi connectivity index (χ4n) is 6.07. The number of anilines is 2. The van der Waals surface area contributed by atoms with E-state index in [4.69, 9.17) is 5.10 Å². The highest BCUT2D eigenvalue weighted by Crippen LogP contribution is 2.35. The first-order valence-corrected chi connectivity index (χ1v) is 15.7. The molecule has 6 rings (SSSR count). The smallest absolute Gasteiger partial charge is 0.335 e. The summed E-state index contributed by atoms with van der Waals surface area (Å²) in [5, 5.41) is 14.3. The molecule has 2 N–H and O–H groups in total. The first-order chi connectivity index (χ1) is 22.6. The fraction of sp³-hybridized carbons (Fsp3) is 0.438. The molecular weight excluding hydrogens is 608 g/mol.